The summed E-state index contributed by atoms with van der Waals surface area (Å²) in [5, 5.41) is 0.807. The Hall–Kier alpha value is -1.97. The van der Waals surface area contributed by atoms with E-state index in [1.807, 2.05) is 6.07 Å². The topological polar surface area (TPSA) is 57.2 Å². The Morgan fingerprint density at radius 2 is 2.21 bits per heavy atom. The number of benzene rings is 1. The summed E-state index contributed by atoms with van der Waals surface area (Å²) in [7, 11) is 1.36. The summed E-state index contributed by atoms with van der Waals surface area (Å²) in [6.07, 6.45) is 1.71. The van der Waals surface area contributed by atoms with Gasteiger partial charge in [0, 0.05) is 11.6 Å². The molecule has 0 unspecified atom stereocenters. The highest BCUT2D eigenvalue weighted by molar-refractivity contribution is 6.03. The van der Waals surface area contributed by atoms with Crippen molar-refractivity contribution in [3.05, 3.63) is 36.0 Å². The smallest absolute Gasteiger partial charge is 0.338 e. The molecule has 14 heavy (non-hydrogen) atoms. The van der Waals surface area contributed by atoms with Gasteiger partial charge in [0.05, 0.1) is 18.2 Å². The molecule has 4 nitrogen and oxygen atoms in total. The molecule has 4 heteroatoms. The van der Waals surface area contributed by atoms with Crippen molar-refractivity contribution in [2.75, 3.05) is 13.0 Å². The quantitative estimate of drug-likeness (QED) is 0.542. The van der Waals surface area contributed by atoms with Gasteiger partial charge in [-0.2, -0.15) is 0 Å². The minimum absolute atomic E-state index is 0.346. The molecule has 2 rings (SSSR count). The summed E-state index contributed by atoms with van der Waals surface area (Å²) in [4.78, 5) is 11.4. The number of nitrogens with zero attached hydrogens (tertiary/aromatic N) is 1. The highest BCUT2D eigenvalue weighted by Crippen LogP contribution is 2.19. The second kappa shape index (κ2) is 3.06. The van der Waals surface area contributed by atoms with Gasteiger partial charge in [-0.3, -0.25) is 4.68 Å². The molecule has 0 fully saturated rings. The molecular weight excluding hydrogens is 180 g/mol. The van der Waals surface area contributed by atoms with Gasteiger partial charge in [-0.15, -0.1) is 0 Å². The maximum Gasteiger partial charge on any atom is 0.338 e. The van der Waals surface area contributed by atoms with Crippen molar-refractivity contribution in [2.45, 2.75) is 0 Å². The maximum absolute atomic E-state index is 11.4. The van der Waals surface area contributed by atoms with E-state index in [0.717, 1.165) is 10.9 Å². The Balaban J connectivity index is 2.71. The van der Waals surface area contributed by atoms with Crippen LogP contribution in [0.5, 0.6) is 0 Å². The molecule has 0 aliphatic heterocycles. The zero-order chi connectivity index (χ0) is 10.1. The Morgan fingerprint density at radius 1 is 1.43 bits per heavy atom. The second-order valence-corrected chi connectivity index (χ2v) is 2.95. The molecule has 2 N–H and O–H groups in total. The summed E-state index contributed by atoms with van der Waals surface area (Å²) in [5.41, 5.74) is 1.35. The Labute approximate surface area is 80.8 Å². The van der Waals surface area contributed by atoms with Crippen LogP contribution in [0.4, 0.5) is 0 Å². The van der Waals surface area contributed by atoms with Gasteiger partial charge in [0.2, 0.25) is 0 Å². The molecule has 0 radical (unpaired) electrons. The monoisotopic (exact) mass is 190 g/mol. The average Bonchev–Trinajstić information content (AvgIpc) is 2.59. The molecule has 72 valence electrons. The minimum atomic E-state index is -0.346. The number of esters is 1. The predicted octanol–water partition coefficient (Wildman–Crippen LogP) is 1.14. The lowest BCUT2D eigenvalue weighted by atomic mass is 10.1. The van der Waals surface area contributed by atoms with Crippen LogP contribution in [0.3, 0.4) is 0 Å². The van der Waals surface area contributed by atoms with E-state index in [0.29, 0.717) is 5.56 Å². The van der Waals surface area contributed by atoms with Crippen molar-refractivity contribution >= 4 is 16.9 Å². The van der Waals surface area contributed by atoms with E-state index >= 15 is 0 Å². The van der Waals surface area contributed by atoms with Crippen LogP contribution in [0.15, 0.2) is 30.5 Å². The molecule has 0 bridgehead atoms. The fraction of sp³-hybridized carbons (Fsp3) is 0.100. The van der Waals surface area contributed by atoms with Gasteiger partial charge < -0.3 is 10.6 Å². The van der Waals surface area contributed by atoms with Crippen LogP contribution in [-0.4, -0.2) is 17.8 Å². The van der Waals surface area contributed by atoms with Crippen molar-refractivity contribution in [3.63, 3.8) is 0 Å². The number of hydrogen-bond donors (Lipinski definition) is 1. The third-order valence-corrected chi connectivity index (χ3v) is 2.17. The molecule has 1 heterocycles. The largest absolute Gasteiger partial charge is 0.465 e. The number of rotatable bonds is 1. The van der Waals surface area contributed by atoms with E-state index in [4.69, 9.17) is 5.84 Å². The van der Waals surface area contributed by atoms with Gasteiger partial charge in [0.1, 0.15) is 0 Å². The Bertz CT molecular complexity index is 488. The first kappa shape index (κ1) is 8.62. The highest BCUT2D eigenvalue weighted by atomic mass is 16.5. The average molecular weight is 190 g/mol. The van der Waals surface area contributed by atoms with E-state index < -0.39 is 0 Å². The van der Waals surface area contributed by atoms with Crippen molar-refractivity contribution in [2.24, 2.45) is 0 Å². The van der Waals surface area contributed by atoms with Gasteiger partial charge in [-0.25, -0.2) is 4.79 Å². The number of fused-ring (bicyclic) bond motifs is 1. The van der Waals surface area contributed by atoms with Crippen LogP contribution in [0.1, 0.15) is 10.4 Å². The number of aromatic nitrogens is 1. The van der Waals surface area contributed by atoms with E-state index in [-0.39, 0.29) is 5.97 Å². The summed E-state index contributed by atoms with van der Waals surface area (Å²) in [6, 6.07) is 7.13. The van der Waals surface area contributed by atoms with Gasteiger partial charge in [-0.05, 0) is 18.2 Å². The number of hydrogen-bond acceptors (Lipinski definition) is 3. The summed E-state index contributed by atoms with van der Waals surface area (Å²) in [6.45, 7) is 0. The molecule has 2 aromatic rings. The first-order valence-electron chi connectivity index (χ1n) is 4.17. The zero-order valence-corrected chi connectivity index (χ0v) is 7.73. The first-order chi connectivity index (χ1) is 6.74. The number of methoxy groups -OCH3 is 1. The van der Waals surface area contributed by atoms with Crippen molar-refractivity contribution in [1.82, 2.24) is 4.68 Å². The van der Waals surface area contributed by atoms with Gasteiger partial charge in [0.15, 0.2) is 0 Å². The van der Waals surface area contributed by atoms with Gasteiger partial charge >= 0.3 is 5.97 Å². The number of ether oxygens (including phenoxy) is 1. The highest BCUT2D eigenvalue weighted by Gasteiger charge is 2.10. The van der Waals surface area contributed by atoms with Crippen LogP contribution < -0.4 is 5.84 Å². The fourth-order valence-corrected chi connectivity index (χ4v) is 1.48. The second-order valence-electron chi connectivity index (χ2n) is 2.95. The maximum atomic E-state index is 11.4. The van der Waals surface area contributed by atoms with Crippen molar-refractivity contribution < 1.29 is 9.53 Å². The van der Waals surface area contributed by atoms with Crippen LogP contribution in [0.2, 0.25) is 0 Å². The van der Waals surface area contributed by atoms with Crippen LogP contribution in [0.25, 0.3) is 10.9 Å². The summed E-state index contributed by atoms with van der Waals surface area (Å²) in [5.74, 6) is 5.31. The standard InChI is InChI=1S/C10H10N2O2/c1-14-10(13)8-3-2-4-9-7(8)5-6-12(9)11/h2-6H,11H2,1H3. The number of nitrogen functional groups attached to an aromatic ring is 1. The molecule has 1 aromatic heterocycles. The molecule has 0 amide bonds. The number of carbonyl (C=O) groups is 1. The van der Waals surface area contributed by atoms with Crippen LogP contribution in [-0.2, 0) is 4.74 Å². The molecular formula is C10H10N2O2. The number of nitrogens with two attached hydrogens (primary N) is 1. The van der Waals surface area contributed by atoms with E-state index in [1.54, 1.807) is 24.4 Å². The first-order valence-corrected chi connectivity index (χ1v) is 4.17. The minimum Gasteiger partial charge on any atom is -0.465 e. The van der Waals surface area contributed by atoms with Crippen LogP contribution >= 0.6 is 0 Å². The Kier molecular flexibility index (Phi) is 1.89. The lowest BCUT2D eigenvalue weighted by Crippen LogP contribution is -2.06. The normalized spacial score (nSPS) is 10.4. The predicted molar refractivity (Wildman–Crippen MR) is 53.4 cm³/mol. The third kappa shape index (κ3) is 1.12. The van der Waals surface area contributed by atoms with Crippen molar-refractivity contribution in [1.29, 1.82) is 0 Å². The lowest BCUT2D eigenvalue weighted by Gasteiger charge is -2.01. The van der Waals surface area contributed by atoms with Gasteiger partial charge in [0.25, 0.3) is 0 Å². The molecule has 0 atom stereocenters. The molecule has 0 aliphatic rings. The van der Waals surface area contributed by atoms with Crippen LogP contribution in [0, 0.1) is 0 Å². The molecule has 0 saturated heterocycles. The fourth-order valence-electron chi connectivity index (χ4n) is 1.48. The summed E-state index contributed by atoms with van der Waals surface area (Å²) >= 11 is 0. The zero-order valence-electron chi connectivity index (χ0n) is 7.73. The van der Waals surface area contributed by atoms with Gasteiger partial charge in [-0.1, -0.05) is 6.07 Å². The Morgan fingerprint density at radius 3 is 2.93 bits per heavy atom. The van der Waals surface area contributed by atoms with E-state index in [9.17, 15) is 4.79 Å². The van der Waals surface area contributed by atoms with E-state index in [2.05, 4.69) is 4.74 Å². The molecule has 0 spiro atoms. The third-order valence-electron chi connectivity index (χ3n) is 2.17. The van der Waals surface area contributed by atoms with E-state index in [1.165, 1.54) is 11.8 Å². The summed E-state index contributed by atoms with van der Waals surface area (Å²) < 4.78 is 6.14. The molecule has 0 saturated carbocycles. The molecule has 1 aromatic carbocycles. The SMILES string of the molecule is COC(=O)c1cccc2c1ccn2N. The lowest BCUT2D eigenvalue weighted by molar-refractivity contribution is 0.0603. The molecule has 0 aliphatic carbocycles. The van der Waals surface area contributed by atoms with Crippen molar-refractivity contribution in [3.8, 4) is 0 Å². The number of carbonyl (C=O) groups excluding carboxylic acids is 1.